The van der Waals surface area contributed by atoms with Crippen LogP contribution < -0.4 is 5.32 Å². The van der Waals surface area contributed by atoms with Crippen LogP contribution in [0.25, 0.3) is 0 Å². The van der Waals surface area contributed by atoms with Gasteiger partial charge in [-0.15, -0.1) is 0 Å². The third kappa shape index (κ3) is 4.97. The van der Waals surface area contributed by atoms with Gasteiger partial charge in [0.2, 0.25) is 0 Å². The summed E-state index contributed by atoms with van der Waals surface area (Å²) >= 11 is 0. The van der Waals surface area contributed by atoms with E-state index in [2.05, 4.69) is 19.2 Å². The summed E-state index contributed by atoms with van der Waals surface area (Å²) in [7, 11) is 0. The van der Waals surface area contributed by atoms with E-state index < -0.39 is 0 Å². The van der Waals surface area contributed by atoms with Crippen molar-refractivity contribution in [1.82, 2.24) is 5.32 Å². The van der Waals surface area contributed by atoms with Crippen molar-refractivity contribution in [3.8, 4) is 0 Å². The van der Waals surface area contributed by atoms with Crippen LogP contribution in [0.1, 0.15) is 38.0 Å². The number of nitrogens with one attached hydrogen (secondary N) is 1. The lowest BCUT2D eigenvalue weighted by atomic mass is 10.2. The molecule has 1 aromatic rings. The van der Waals surface area contributed by atoms with Gasteiger partial charge in [0, 0.05) is 18.7 Å². The van der Waals surface area contributed by atoms with Crippen LogP contribution in [0.3, 0.4) is 0 Å². The summed E-state index contributed by atoms with van der Waals surface area (Å²) in [5.74, 6) is 1.58. The molecule has 1 aliphatic heterocycles. The Hall–Kier alpha value is -0.840. The van der Waals surface area contributed by atoms with Crippen molar-refractivity contribution in [1.29, 1.82) is 0 Å². The molecule has 0 aliphatic carbocycles. The standard InChI is InChI=1S/C15H25NO3/c1-12(2)8-16-9-13-5-7-19-15(13)11-17-10-14-4-3-6-18-14/h5,7,12,14,16H,3-4,6,8-11H2,1-2H3. The third-order valence-corrected chi connectivity index (χ3v) is 3.27. The molecular weight excluding hydrogens is 242 g/mol. The van der Waals surface area contributed by atoms with Gasteiger partial charge < -0.3 is 19.2 Å². The van der Waals surface area contributed by atoms with Crippen molar-refractivity contribution in [2.24, 2.45) is 5.92 Å². The maximum Gasteiger partial charge on any atom is 0.133 e. The van der Waals surface area contributed by atoms with Gasteiger partial charge in [-0.2, -0.15) is 0 Å². The maximum atomic E-state index is 5.68. The van der Waals surface area contributed by atoms with Crippen molar-refractivity contribution >= 4 is 0 Å². The summed E-state index contributed by atoms with van der Waals surface area (Å²) < 4.78 is 16.7. The summed E-state index contributed by atoms with van der Waals surface area (Å²) in [4.78, 5) is 0. The molecule has 2 heterocycles. The molecule has 4 heteroatoms. The smallest absolute Gasteiger partial charge is 0.133 e. The Bertz CT molecular complexity index is 356. The molecule has 0 spiro atoms. The monoisotopic (exact) mass is 267 g/mol. The lowest BCUT2D eigenvalue weighted by Crippen LogP contribution is -2.19. The molecule has 108 valence electrons. The van der Waals surface area contributed by atoms with Gasteiger partial charge in [0.1, 0.15) is 12.4 Å². The van der Waals surface area contributed by atoms with Crippen molar-refractivity contribution in [2.45, 2.75) is 45.9 Å². The summed E-state index contributed by atoms with van der Waals surface area (Å²) in [6.45, 7) is 8.33. The number of furan rings is 1. The number of hydrogen-bond donors (Lipinski definition) is 1. The predicted molar refractivity (Wildman–Crippen MR) is 73.9 cm³/mol. The van der Waals surface area contributed by atoms with Crippen LogP contribution in [0.2, 0.25) is 0 Å². The van der Waals surface area contributed by atoms with Crippen LogP contribution >= 0.6 is 0 Å². The molecule has 1 saturated heterocycles. The van der Waals surface area contributed by atoms with E-state index in [9.17, 15) is 0 Å². The minimum absolute atomic E-state index is 0.275. The Labute approximate surface area is 115 Å². The van der Waals surface area contributed by atoms with Gasteiger partial charge in [-0.3, -0.25) is 0 Å². The van der Waals surface area contributed by atoms with E-state index in [-0.39, 0.29) is 6.10 Å². The quantitative estimate of drug-likeness (QED) is 0.786. The summed E-state index contributed by atoms with van der Waals surface area (Å²) in [6, 6.07) is 2.01. The molecule has 0 bridgehead atoms. The van der Waals surface area contributed by atoms with E-state index in [0.717, 1.165) is 38.3 Å². The first kappa shape index (κ1) is 14.6. The van der Waals surface area contributed by atoms with Gasteiger partial charge >= 0.3 is 0 Å². The van der Waals surface area contributed by atoms with E-state index >= 15 is 0 Å². The average molecular weight is 267 g/mol. The molecule has 1 aromatic heterocycles. The number of ether oxygens (including phenoxy) is 2. The average Bonchev–Trinajstić information content (AvgIpc) is 3.01. The molecule has 1 N–H and O–H groups in total. The SMILES string of the molecule is CC(C)CNCc1ccoc1COCC1CCCO1. The molecule has 1 unspecified atom stereocenters. The second kappa shape index (κ2) is 7.68. The van der Waals surface area contributed by atoms with Crippen LogP contribution in [0.5, 0.6) is 0 Å². The zero-order chi connectivity index (χ0) is 13.5. The Morgan fingerprint density at radius 3 is 3.11 bits per heavy atom. The van der Waals surface area contributed by atoms with Crippen molar-refractivity contribution in [2.75, 3.05) is 19.8 Å². The molecule has 0 amide bonds. The molecule has 1 fully saturated rings. The fourth-order valence-electron chi connectivity index (χ4n) is 2.21. The molecule has 0 aromatic carbocycles. The van der Waals surface area contributed by atoms with Crippen LogP contribution in [0, 0.1) is 5.92 Å². The van der Waals surface area contributed by atoms with E-state index in [4.69, 9.17) is 13.9 Å². The molecule has 0 radical (unpaired) electrons. The zero-order valence-corrected chi connectivity index (χ0v) is 12.0. The topological polar surface area (TPSA) is 43.6 Å². The molecule has 2 rings (SSSR count). The summed E-state index contributed by atoms with van der Waals surface area (Å²) in [5.41, 5.74) is 1.19. The Morgan fingerprint density at radius 2 is 2.37 bits per heavy atom. The van der Waals surface area contributed by atoms with Gasteiger partial charge in [-0.05, 0) is 31.4 Å². The Morgan fingerprint density at radius 1 is 1.47 bits per heavy atom. The maximum absolute atomic E-state index is 5.68. The van der Waals surface area contributed by atoms with Crippen molar-refractivity contribution in [3.63, 3.8) is 0 Å². The zero-order valence-electron chi connectivity index (χ0n) is 12.0. The second-order valence-electron chi connectivity index (χ2n) is 5.54. The van der Waals surface area contributed by atoms with Crippen LogP contribution in [0.15, 0.2) is 16.7 Å². The summed E-state index contributed by atoms with van der Waals surface area (Å²) in [6.07, 6.45) is 4.27. The van der Waals surface area contributed by atoms with E-state index in [1.165, 1.54) is 5.56 Å². The fraction of sp³-hybridized carbons (Fsp3) is 0.733. The Balaban J connectivity index is 1.69. The largest absolute Gasteiger partial charge is 0.467 e. The molecule has 1 aliphatic rings. The van der Waals surface area contributed by atoms with Gasteiger partial charge in [-0.1, -0.05) is 13.8 Å². The van der Waals surface area contributed by atoms with E-state index in [0.29, 0.717) is 19.1 Å². The fourth-order valence-corrected chi connectivity index (χ4v) is 2.21. The van der Waals surface area contributed by atoms with Crippen molar-refractivity contribution < 1.29 is 13.9 Å². The highest BCUT2D eigenvalue weighted by atomic mass is 16.5. The van der Waals surface area contributed by atoms with Gasteiger partial charge in [0.05, 0.1) is 19.0 Å². The van der Waals surface area contributed by atoms with Crippen LogP contribution in [-0.2, 0) is 22.6 Å². The first-order valence-electron chi connectivity index (χ1n) is 7.21. The predicted octanol–water partition coefficient (Wildman–Crippen LogP) is 2.72. The molecular formula is C15H25NO3. The van der Waals surface area contributed by atoms with Crippen molar-refractivity contribution in [3.05, 3.63) is 23.7 Å². The van der Waals surface area contributed by atoms with E-state index in [1.54, 1.807) is 6.26 Å². The number of hydrogen-bond acceptors (Lipinski definition) is 4. The Kier molecular flexibility index (Phi) is 5.89. The highest BCUT2D eigenvalue weighted by molar-refractivity contribution is 5.16. The van der Waals surface area contributed by atoms with Crippen LogP contribution in [-0.4, -0.2) is 25.9 Å². The molecule has 19 heavy (non-hydrogen) atoms. The van der Waals surface area contributed by atoms with Gasteiger partial charge in [0.15, 0.2) is 0 Å². The van der Waals surface area contributed by atoms with Crippen LogP contribution in [0.4, 0.5) is 0 Å². The highest BCUT2D eigenvalue weighted by Gasteiger charge is 2.16. The molecule has 4 nitrogen and oxygen atoms in total. The minimum atomic E-state index is 0.275. The van der Waals surface area contributed by atoms with Gasteiger partial charge in [-0.25, -0.2) is 0 Å². The minimum Gasteiger partial charge on any atom is -0.467 e. The van der Waals surface area contributed by atoms with Gasteiger partial charge in [0.25, 0.3) is 0 Å². The number of rotatable bonds is 8. The first-order chi connectivity index (χ1) is 9.25. The normalized spacial score (nSPS) is 19.4. The first-order valence-corrected chi connectivity index (χ1v) is 7.21. The lowest BCUT2D eigenvalue weighted by Gasteiger charge is -2.10. The lowest BCUT2D eigenvalue weighted by molar-refractivity contribution is 0.00553. The molecule has 0 saturated carbocycles. The third-order valence-electron chi connectivity index (χ3n) is 3.27. The summed E-state index contributed by atoms with van der Waals surface area (Å²) in [5, 5.41) is 3.42. The highest BCUT2D eigenvalue weighted by Crippen LogP contribution is 2.15. The second-order valence-corrected chi connectivity index (χ2v) is 5.54. The van der Waals surface area contributed by atoms with E-state index in [1.807, 2.05) is 6.07 Å². The molecule has 1 atom stereocenters.